The molecular formula is C12H13ClN4. The van der Waals surface area contributed by atoms with Crippen molar-refractivity contribution < 1.29 is 0 Å². The predicted molar refractivity (Wildman–Crippen MR) is 69.9 cm³/mol. The van der Waals surface area contributed by atoms with Gasteiger partial charge in [0.2, 0.25) is 5.95 Å². The molecule has 0 aliphatic rings. The van der Waals surface area contributed by atoms with E-state index >= 15 is 0 Å². The third-order valence-corrected chi connectivity index (χ3v) is 2.57. The minimum atomic E-state index is 0.126. The molecular weight excluding hydrogens is 236 g/mol. The first-order valence-electron chi connectivity index (χ1n) is 5.26. The van der Waals surface area contributed by atoms with Gasteiger partial charge in [0.25, 0.3) is 0 Å². The number of nitrogens with zero attached hydrogens (tertiary/aromatic N) is 2. The molecule has 4 nitrogen and oxygen atoms in total. The number of nitrogens with two attached hydrogens (primary N) is 1. The molecule has 5 heteroatoms. The van der Waals surface area contributed by atoms with Crippen LogP contribution in [0, 0.1) is 0 Å². The molecule has 1 atom stereocenters. The van der Waals surface area contributed by atoms with Gasteiger partial charge >= 0.3 is 0 Å². The molecule has 1 heterocycles. The van der Waals surface area contributed by atoms with Crippen molar-refractivity contribution in [2.75, 3.05) is 11.1 Å². The normalized spacial score (nSPS) is 12.1. The summed E-state index contributed by atoms with van der Waals surface area (Å²) in [7, 11) is 0. The maximum Gasteiger partial charge on any atom is 0.223 e. The van der Waals surface area contributed by atoms with E-state index < -0.39 is 0 Å². The summed E-state index contributed by atoms with van der Waals surface area (Å²) in [6.07, 6.45) is 0. The number of rotatable bonds is 3. The third kappa shape index (κ3) is 3.07. The molecule has 0 radical (unpaired) electrons. The van der Waals surface area contributed by atoms with E-state index in [1.165, 1.54) is 5.56 Å². The quantitative estimate of drug-likeness (QED) is 0.820. The molecule has 1 aromatic heterocycles. The van der Waals surface area contributed by atoms with E-state index in [2.05, 4.69) is 15.3 Å². The van der Waals surface area contributed by atoms with Gasteiger partial charge in [-0.25, -0.2) is 4.98 Å². The molecule has 88 valence electrons. The fourth-order valence-corrected chi connectivity index (χ4v) is 1.75. The Kier molecular flexibility index (Phi) is 3.44. The van der Waals surface area contributed by atoms with Crippen molar-refractivity contribution in [1.82, 2.24) is 9.97 Å². The molecule has 1 aromatic carbocycles. The topological polar surface area (TPSA) is 63.8 Å². The second kappa shape index (κ2) is 5.01. The number of anilines is 2. The van der Waals surface area contributed by atoms with Crippen molar-refractivity contribution in [2.24, 2.45) is 0 Å². The van der Waals surface area contributed by atoms with Crippen LogP contribution in [-0.4, -0.2) is 9.97 Å². The number of hydrogen-bond donors (Lipinski definition) is 2. The van der Waals surface area contributed by atoms with Crippen LogP contribution < -0.4 is 11.1 Å². The average Bonchev–Trinajstić information content (AvgIpc) is 2.28. The second-order valence-corrected chi connectivity index (χ2v) is 4.10. The zero-order valence-electron chi connectivity index (χ0n) is 9.39. The number of hydrogen-bond acceptors (Lipinski definition) is 4. The fourth-order valence-electron chi connectivity index (χ4n) is 1.56. The van der Waals surface area contributed by atoms with Crippen molar-refractivity contribution in [3.8, 4) is 0 Å². The minimum Gasteiger partial charge on any atom is -0.368 e. The van der Waals surface area contributed by atoms with Crippen molar-refractivity contribution >= 4 is 23.4 Å². The molecule has 0 fully saturated rings. The van der Waals surface area contributed by atoms with Gasteiger partial charge in [-0.2, -0.15) is 4.98 Å². The van der Waals surface area contributed by atoms with E-state index in [1.54, 1.807) is 6.07 Å². The van der Waals surface area contributed by atoms with E-state index in [1.807, 2.05) is 37.3 Å². The van der Waals surface area contributed by atoms with Crippen LogP contribution in [0.25, 0.3) is 0 Å². The summed E-state index contributed by atoms with van der Waals surface area (Å²) in [6.45, 7) is 2.04. The van der Waals surface area contributed by atoms with Crippen LogP contribution in [0.5, 0.6) is 0 Å². The molecule has 0 amide bonds. The summed E-state index contributed by atoms with van der Waals surface area (Å²) in [6, 6.07) is 11.8. The lowest BCUT2D eigenvalue weighted by Gasteiger charge is -2.14. The van der Waals surface area contributed by atoms with Crippen LogP contribution in [0.2, 0.25) is 5.15 Å². The predicted octanol–water partition coefficient (Wildman–Crippen LogP) is 2.89. The Morgan fingerprint density at radius 2 is 1.94 bits per heavy atom. The molecule has 0 spiro atoms. The van der Waals surface area contributed by atoms with Crippen LogP contribution >= 0.6 is 11.6 Å². The molecule has 0 saturated heterocycles. The molecule has 2 aromatic rings. The monoisotopic (exact) mass is 248 g/mol. The molecule has 2 rings (SSSR count). The van der Waals surface area contributed by atoms with Crippen LogP contribution in [0.3, 0.4) is 0 Å². The number of benzene rings is 1. The summed E-state index contributed by atoms with van der Waals surface area (Å²) in [4.78, 5) is 7.88. The first-order valence-corrected chi connectivity index (χ1v) is 5.64. The Labute approximate surface area is 105 Å². The highest BCUT2D eigenvalue weighted by atomic mass is 35.5. The van der Waals surface area contributed by atoms with E-state index in [9.17, 15) is 0 Å². The van der Waals surface area contributed by atoms with E-state index in [4.69, 9.17) is 17.3 Å². The van der Waals surface area contributed by atoms with Crippen molar-refractivity contribution in [3.63, 3.8) is 0 Å². The van der Waals surface area contributed by atoms with Gasteiger partial charge in [0.05, 0.1) is 0 Å². The zero-order valence-corrected chi connectivity index (χ0v) is 10.1. The van der Waals surface area contributed by atoms with Gasteiger partial charge in [-0.3, -0.25) is 0 Å². The fraction of sp³-hybridized carbons (Fsp3) is 0.167. The zero-order chi connectivity index (χ0) is 12.3. The highest BCUT2D eigenvalue weighted by molar-refractivity contribution is 6.29. The number of nitrogen functional groups attached to an aromatic ring is 1. The summed E-state index contributed by atoms with van der Waals surface area (Å²) < 4.78 is 0. The smallest absolute Gasteiger partial charge is 0.223 e. The molecule has 3 N–H and O–H groups in total. The first-order chi connectivity index (χ1) is 8.15. The highest BCUT2D eigenvalue weighted by Crippen LogP contribution is 2.19. The number of nitrogens with one attached hydrogen (secondary N) is 1. The minimum absolute atomic E-state index is 0.126. The Hall–Kier alpha value is -1.81. The SMILES string of the molecule is CC(Nc1cc(Cl)nc(N)n1)c1ccccc1. The lowest BCUT2D eigenvalue weighted by Crippen LogP contribution is -2.09. The molecule has 17 heavy (non-hydrogen) atoms. The highest BCUT2D eigenvalue weighted by Gasteiger charge is 2.06. The summed E-state index contributed by atoms with van der Waals surface area (Å²) >= 11 is 5.81. The number of halogens is 1. The lowest BCUT2D eigenvalue weighted by molar-refractivity contribution is 0.873. The van der Waals surface area contributed by atoms with Crippen LogP contribution in [-0.2, 0) is 0 Å². The standard InChI is InChI=1S/C12H13ClN4/c1-8(9-5-3-2-4-6-9)15-11-7-10(13)16-12(14)17-11/h2-8H,1H3,(H3,14,15,16,17). The molecule has 0 aliphatic carbocycles. The summed E-state index contributed by atoms with van der Waals surface area (Å²) in [5, 5.41) is 3.56. The maximum atomic E-state index is 5.81. The van der Waals surface area contributed by atoms with Crippen molar-refractivity contribution in [2.45, 2.75) is 13.0 Å². The number of aromatic nitrogens is 2. The Bertz CT molecular complexity index is 481. The summed E-state index contributed by atoms with van der Waals surface area (Å²) in [5.41, 5.74) is 6.69. The van der Waals surface area contributed by atoms with Crippen molar-refractivity contribution in [3.05, 3.63) is 47.1 Å². The van der Waals surface area contributed by atoms with E-state index in [-0.39, 0.29) is 12.0 Å². The van der Waals surface area contributed by atoms with Gasteiger partial charge in [0.15, 0.2) is 0 Å². The maximum absolute atomic E-state index is 5.81. The van der Waals surface area contributed by atoms with Gasteiger partial charge in [0, 0.05) is 12.1 Å². The van der Waals surface area contributed by atoms with Gasteiger partial charge in [-0.1, -0.05) is 41.9 Å². The Balaban J connectivity index is 2.16. The van der Waals surface area contributed by atoms with Gasteiger partial charge < -0.3 is 11.1 Å². The molecule has 0 saturated carbocycles. The largest absolute Gasteiger partial charge is 0.368 e. The average molecular weight is 249 g/mol. The van der Waals surface area contributed by atoms with Crippen molar-refractivity contribution in [1.29, 1.82) is 0 Å². The molecule has 0 aliphatic heterocycles. The van der Waals surface area contributed by atoms with Crippen LogP contribution in [0.4, 0.5) is 11.8 Å². The van der Waals surface area contributed by atoms with Crippen LogP contribution in [0.1, 0.15) is 18.5 Å². The molecule has 1 unspecified atom stereocenters. The second-order valence-electron chi connectivity index (χ2n) is 3.71. The Morgan fingerprint density at radius 3 is 2.59 bits per heavy atom. The van der Waals surface area contributed by atoms with E-state index in [0.29, 0.717) is 11.0 Å². The summed E-state index contributed by atoms with van der Waals surface area (Å²) in [5.74, 6) is 0.791. The Morgan fingerprint density at radius 1 is 1.24 bits per heavy atom. The first kappa shape index (κ1) is 11.7. The van der Waals surface area contributed by atoms with Crippen LogP contribution in [0.15, 0.2) is 36.4 Å². The molecule has 0 bridgehead atoms. The van der Waals surface area contributed by atoms with Gasteiger partial charge in [-0.15, -0.1) is 0 Å². The van der Waals surface area contributed by atoms with Gasteiger partial charge in [-0.05, 0) is 12.5 Å². The van der Waals surface area contributed by atoms with E-state index in [0.717, 1.165) is 0 Å². The third-order valence-electron chi connectivity index (χ3n) is 2.38. The lowest BCUT2D eigenvalue weighted by atomic mass is 10.1. The van der Waals surface area contributed by atoms with Gasteiger partial charge in [0.1, 0.15) is 11.0 Å².